The molecule has 2 heterocycles. The van der Waals surface area contributed by atoms with Crippen molar-refractivity contribution in [3.8, 4) is 17.1 Å². The van der Waals surface area contributed by atoms with E-state index in [-0.39, 0.29) is 11.8 Å². The number of nitrogens with zero attached hydrogens (tertiary/aromatic N) is 4. The number of nitrogens with one attached hydrogen (secondary N) is 1. The minimum atomic E-state index is -0.250. The van der Waals surface area contributed by atoms with Gasteiger partial charge in [-0.3, -0.25) is 4.79 Å². The van der Waals surface area contributed by atoms with Crippen molar-refractivity contribution < 1.29 is 9.32 Å². The van der Waals surface area contributed by atoms with Crippen LogP contribution in [-0.4, -0.2) is 25.8 Å². The summed E-state index contributed by atoms with van der Waals surface area (Å²) in [6.07, 6.45) is 3.32. The fourth-order valence-electron chi connectivity index (χ4n) is 3.63. The van der Waals surface area contributed by atoms with Crippen LogP contribution in [0, 0.1) is 20.8 Å². The molecule has 0 aliphatic rings. The molecule has 1 amide bonds. The lowest BCUT2D eigenvalue weighted by atomic mass is 10.1. The number of hydrogen-bond acceptors (Lipinski definition) is 5. The van der Waals surface area contributed by atoms with Gasteiger partial charge in [0.15, 0.2) is 5.82 Å². The first-order chi connectivity index (χ1) is 15.8. The minimum Gasteiger partial charge on any atom is -0.334 e. The fraction of sp³-hybridized carbons (Fsp3) is 0.231. The molecule has 7 nitrogen and oxygen atoms in total. The van der Waals surface area contributed by atoms with Crippen LogP contribution in [0.15, 0.2) is 59.1 Å². The molecule has 2 aromatic carbocycles. The number of para-hydroxylation sites is 2. The number of anilines is 1. The first kappa shape index (κ1) is 22.2. The minimum absolute atomic E-state index is 0.150. The topological polar surface area (TPSA) is 85.8 Å². The predicted octanol–water partition coefficient (Wildman–Crippen LogP) is 5.62. The van der Waals surface area contributed by atoms with Gasteiger partial charge in [-0.25, -0.2) is 4.68 Å². The Labute approximate surface area is 193 Å². The summed E-state index contributed by atoms with van der Waals surface area (Å²) in [5.74, 6) is 0.916. The molecule has 0 atom stereocenters. The number of aryl methyl sites for hydroxylation is 2. The molecule has 7 heteroatoms. The highest BCUT2D eigenvalue weighted by Crippen LogP contribution is 2.30. The molecule has 0 unspecified atom stereocenters. The number of hydrogen-bond donors (Lipinski definition) is 1. The van der Waals surface area contributed by atoms with Gasteiger partial charge in [0.2, 0.25) is 5.91 Å². The van der Waals surface area contributed by atoms with Crippen molar-refractivity contribution in [2.75, 3.05) is 5.32 Å². The zero-order valence-electron chi connectivity index (χ0n) is 19.5. The number of carbonyl (C=O) groups excluding carboxylic acids is 1. The van der Waals surface area contributed by atoms with Gasteiger partial charge < -0.3 is 9.84 Å². The Bertz CT molecular complexity index is 1320. The van der Waals surface area contributed by atoms with Gasteiger partial charge in [-0.15, -0.1) is 0 Å². The van der Waals surface area contributed by atoms with E-state index in [1.54, 1.807) is 6.08 Å². The molecule has 0 bridgehead atoms. The van der Waals surface area contributed by atoms with Crippen LogP contribution in [0.1, 0.15) is 48.1 Å². The van der Waals surface area contributed by atoms with Crippen LogP contribution < -0.4 is 5.32 Å². The second-order valence-corrected chi connectivity index (χ2v) is 8.26. The van der Waals surface area contributed by atoms with Gasteiger partial charge in [-0.1, -0.05) is 49.3 Å². The van der Waals surface area contributed by atoms with Crippen LogP contribution in [0.25, 0.3) is 23.2 Å². The number of rotatable bonds is 6. The van der Waals surface area contributed by atoms with Gasteiger partial charge in [0.1, 0.15) is 0 Å². The van der Waals surface area contributed by atoms with Gasteiger partial charge in [-0.05, 0) is 50.6 Å². The van der Waals surface area contributed by atoms with Crippen molar-refractivity contribution in [1.29, 1.82) is 0 Å². The van der Waals surface area contributed by atoms with Crippen molar-refractivity contribution in [3.05, 3.63) is 82.9 Å². The van der Waals surface area contributed by atoms with Gasteiger partial charge in [-0.2, -0.15) is 10.1 Å². The Kier molecular flexibility index (Phi) is 6.22. The third-order valence-corrected chi connectivity index (χ3v) is 5.46. The number of aromatic nitrogens is 4. The summed E-state index contributed by atoms with van der Waals surface area (Å²) >= 11 is 0. The summed E-state index contributed by atoms with van der Waals surface area (Å²) < 4.78 is 7.34. The SMILES string of the molecule is Cc1cccc(-c2nc(C(C)C)no2)c1NC(=O)/C=C/c1c(C)nn(-c2ccccc2)c1C. The molecule has 0 fully saturated rings. The van der Waals surface area contributed by atoms with E-state index in [1.807, 2.05) is 87.8 Å². The standard InChI is InChI=1S/C26H27N5O2/c1-16(2)25-28-26(33-30-25)22-13-9-10-17(3)24(22)27-23(32)15-14-21-18(4)29-31(19(21)5)20-11-7-6-8-12-20/h6-16H,1-5H3,(H,27,32)/b15-14+. The quantitative estimate of drug-likeness (QED) is 0.392. The average Bonchev–Trinajstić information content (AvgIpc) is 3.40. The van der Waals surface area contributed by atoms with Gasteiger partial charge in [0.25, 0.3) is 5.89 Å². The van der Waals surface area contributed by atoms with Gasteiger partial charge in [0, 0.05) is 23.3 Å². The highest BCUT2D eigenvalue weighted by molar-refractivity contribution is 6.04. The summed E-state index contributed by atoms with van der Waals surface area (Å²) in [4.78, 5) is 17.3. The van der Waals surface area contributed by atoms with Crippen molar-refractivity contribution in [2.45, 2.75) is 40.5 Å². The third kappa shape index (κ3) is 4.62. The molecule has 2 aromatic heterocycles. The molecule has 0 spiro atoms. The number of amides is 1. The Morgan fingerprint density at radius 1 is 1.06 bits per heavy atom. The molecule has 0 aliphatic heterocycles. The molecule has 168 valence electrons. The second-order valence-electron chi connectivity index (χ2n) is 8.26. The molecule has 0 radical (unpaired) electrons. The first-order valence-corrected chi connectivity index (χ1v) is 10.9. The Morgan fingerprint density at radius 3 is 2.52 bits per heavy atom. The maximum atomic E-state index is 12.8. The molecule has 4 aromatic rings. The smallest absolute Gasteiger partial charge is 0.260 e. The summed E-state index contributed by atoms with van der Waals surface area (Å²) in [5, 5.41) is 11.7. The van der Waals surface area contributed by atoms with Crippen LogP contribution in [0.2, 0.25) is 0 Å². The molecule has 4 rings (SSSR count). The maximum absolute atomic E-state index is 12.8. The van der Waals surface area contributed by atoms with Crippen LogP contribution in [0.5, 0.6) is 0 Å². The highest BCUT2D eigenvalue weighted by Gasteiger charge is 2.17. The maximum Gasteiger partial charge on any atom is 0.260 e. The van der Waals surface area contributed by atoms with Crippen molar-refractivity contribution in [1.82, 2.24) is 19.9 Å². The zero-order valence-corrected chi connectivity index (χ0v) is 19.5. The largest absolute Gasteiger partial charge is 0.334 e. The summed E-state index contributed by atoms with van der Waals surface area (Å²) in [5.41, 5.74) is 5.96. The van der Waals surface area contributed by atoms with Crippen LogP contribution in [0.4, 0.5) is 5.69 Å². The van der Waals surface area contributed by atoms with E-state index in [2.05, 4.69) is 20.6 Å². The molecular weight excluding hydrogens is 414 g/mol. The van der Waals surface area contributed by atoms with E-state index in [4.69, 9.17) is 4.52 Å². The van der Waals surface area contributed by atoms with Crippen LogP contribution in [-0.2, 0) is 4.79 Å². The predicted molar refractivity (Wildman–Crippen MR) is 129 cm³/mol. The fourth-order valence-corrected chi connectivity index (χ4v) is 3.63. The summed E-state index contributed by atoms with van der Waals surface area (Å²) in [7, 11) is 0. The lowest BCUT2D eigenvalue weighted by molar-refractivity contribution is -0.111. The Hall–Kier alpha value is -4.00. The molecule has 0 saturated heterocycles. The average molecular weight is 442 g/mol. The van der Waals surface area contributed by atoms with Gasteiger partial charge >= 0.3 is 0 Å². The normalized spacial score (nSPS) is 11.5. The van der Waals surface area contributed by atoms with Crippen molar-refractivity contribution >= 4 is 17.7 Å². The Balaban J connectivity index is 1.59. The molecule has 0 saturated carbocycles. The molecule has 33 heavy (non-hydrogen) atoms. The molecule has 1 N–H and O–H groups in total. The van der Waals surface area contributed by atoms with Gasteiger partial charge in [0.05, 0.1) is 22.6 Å². The molecule has 0 aliphatic carbocycles. The molecular formula is C26H27N5O2. The van der Waals surface area contributed by atoms with E-state index in [0.717, 1.165) is 28.2 Å². The van der Waals surface area contributed by atoms with E-state index in [9.17, 15) is 4.79 Å². The zero-order chi connectivity index (χ0) is 23.5. The summed E-state index contributed by atoms with van der Waals surface area (Å²) in [6.45, 7) is 9.86. The lowest BCUT2D eigenvalue weighted by Gasteiger charge is -2.10. The van der Waals surface area contributed by atoms with Crippen molar-refractivity contribution in [3.63, 3.8) is 0 Å². The monoisotopic (exact) mass is 441 g/mol. The van der Waals surface area contributed by atoms with E-state index >= 15 is 0 Å². The van der Waals surface area contributed by atoms with E-state index in [0.29, 0.717) is 23.0 Å². The van der Waals surface area contributed by atoms with E-state index in [1.165, 1.54) is 6.08 Å². The van der Waals surface area contributed by atoms with Crippen LogP contribution >= 0.6 is 0 Å². The first-order valence-electron chi connectivity index (χ1n) is 10.9. The van der Waals surface area contributed by atoms with Crippen LogP contribution in [0.3, 0.4) is 0 Å². The third-order valence-electron chi connectivity index (χ3n) is 5.46. The van der Waals surface area contributed by atoms with E-state index < -0.39 is 0 Å². The second kappa shape index (κ2) is 9.24. The lowest BCUT2D eigenvalue weighted by Crippen LogP contribution is -2.10. The Morgan fingerprint density at radius 2 is 1.82 bits per heavy atom. The summed E-state index contributed by atoms with van der Waals surface area (Å²) in [6, 6.07) is 15.6. The van der Waals surface area contributed by atoms with Crippen molar-refractivity contribution in [2.24, 2.45) is 0 Å². The highest BCUT2D eigenvalue weighted by atomic mass is 16.5. The number of benzene rings is 2. The number of carbonyl (C=O) groups is 1.